The van der Waals surface area contributed by atoms with Crippen LogP contribution in [0, 0.1) is 0 Å². The van der Waals surface area contributed by atoms with Crippen molar-refractivity contribution in [3.8, 4) is 5.75 Å². The third-order valence-corrected chi connectivity index (χ3v) is 5.53. The molecule has 0 unspecified atom stereocenters. The Bertz CT molecular complexity index is 812. The molecule has 1 aliphatic rings. The van der Waals surface area contributed by atoms with E-state index < -0.39 is 17.8 Å². The third kappa shape index (κ3) is 7.68. The minimum absolute atomic E-state index is 0.206. The van der Waals surface area contributed by atoms with Crippen LogP contribution in [0.2, 0.25) is 0 Å². The Kier molecular flexibility index (Phi) is 8.59. The van der Waals surface area contributed by atoms with Gasteiger partial charge in [0.1, 0.15) is 12.4 Å². The molecule has 9 heteroatoms. The quantitative estimate of drug-likeness (QED) is 0.524. The van der Waals surface area contributed by atoms with Crippen molar-refractivity contribution in [2.24, 2.45) is 0 Å². The molecule has 0 amide bonds. The van der Waals surface area contributed by atoms with E-state index in [0.717, 1.165) is 16.3 Å². The molecular formula is C22H26BrF3N2O3. The van der Waals surface area contributed by atoms with E-state index in [1.54, 1.807) is 6.07 Å². The SMILES string of the molecule is O[C@@H](COCCOc1ccc(Br)cc1)CN1CCN(c2cccc(C(F)(F)F)c2)CC1. The molecule has 1 fully saturated rings. The van der Waals surface area contributed by atoms with E-state index in [0.29, 0.717) is 51.6 Å². The van der Waals surface area contributed by atoms with Crippen LogP contribution < -0.4 is 9.64 Å². The van der Waals surface area contributed by atoms with Gasteiger partial charge < -0.3 is 19.5 Å². The zero-order valence-corrected chi connectivity index (χ0v) is 18.6. The first-order valence-electron chi connectivity index (χ1n) is 10.1. The molecule has 3 rings (SSSR count). The molecule has 0 radical (unpaired) electrons. The van der Waals surface area contributed by atoms with Gasteiger partial charge in [0.2, 0.25) is 0 Å². The fraction of sp³-hybridized carbons (Fsp3) is 0.455. The second-order valence-corrected chi connectivity index (χ2v) is 8.28. The van der Waals surface area contributed by atoms with E-state index in [4.69, 9.17) is 9.47 Å². The highest BCUT2D eigenvalue weighted by Gasteiger charge is 2.31. The fourth-order valence-corrected chi connectivity index (χ4v) is 3.65. The summed E-state index contributed by atoms with van der Waals surface area (Å²) in [4.78, 5) is 4.03. The summed E-state index contributed by atoms with van der Waals surface area (Å²) in [5, 5.41) is 10.2. The number of nitrogens with zero attached hydrogens (tertiary/aromatic N) is 2. The number of rotatable bonds is 9. The Morgan fingerprint density at radius 1 is 1.00 bits per heavy atom. The highest BCUT2D eigenvalue weighted by Crippen LogP contribution is 2.31. The minimum atomic E-state index is -4.34. The van der Waals surface area contributed by atoms with Gasteiger partial charge >= 0.3 is 6.18 Å². The maximum absolute atomic E-state index is 12.9. The lowest BCUT2D eigenvalue weighted by atomic mass is 10.1. The lowest BCUT2D eigenvalue weighted by molar-refractivity contribution is -0.137. The number of ether oxygens (including phenoxy) is 2. The van der Waals surface area contributed by atoms with Crippen LogP contribution in [-0.4, -0.2) is 68.7 Å². The number of hydrogen-bond acceptors (Lipinski definition) is 5. The summed E-state index contributed by atoms with van der Waals surface area (Å²) in [5.74, 6) is 0.756. The second kappa shape index (κ2) is 11.2. The van der Waals surface area contributed by atoms with E-state index in [-0.39, 0.29) is 6.61 Å². The van der Waals surface area contributed by atoms with Crippen molar-refractivity contribution in [3.05, 3.63) is 58.6 Å². The molecule has 1 heterocycles. The molecule has 0 aromatic heterocycles. The highest BCUT2D eigenvalue weighted by molar-refractivity contribution is 9.10. The number of halogens is 4. The predicted octanol–water partition coefficient (Wildman–Crippen LogP) is 4.05. The van der Waals surface area contributed by atoms with Crippen LogP contribution in [0.5, 0.6) is 5.75 Å². The zero-order chi connectivity index (χ0) is 22.3. The van der Waals surface area contributed by atoms with Crippen molar-refractivity contribution in [1.29, 1.82) is 0 Å². The summed E-state index contributed by atoms with van der Waals surface area (Å²) in [7, 11) is 0. The maximum Gasteiger partial charge on any atom is 0.416 e. The Labute approximate surface area is 188 Å². The summed E-state index contributed by atoms with van der Waals surface area (Å²) in [5.41, 5.74) is -0.0618. The predicted molar refractivity (Wildman–Crippen MR) is 117 cm³/mol. The van der Waals surface area contributed by atoms with Crippen molar-refractivity contribution < 1.29 is 27.8 Å². The van der Waals surface area contributed by atoms with Gasteiger partial charge in [0.05, 0.1) is 24.9 Å². The number of benzene rings is 2. The van der Waals surface area contributed by atoms with Crippen molar-refractivity contribution >= 4 is 21.6 Å². The molecule has 170 valence electrons. The first-order valence-corrected chi connectivity index (χ1v) is 10.9. The molecule has 1 saturated heterocycles. The van der Waals surface area contributed by atoms with Crippen molar-refractivity contribution in [2.45, 2.75) is 12.3 Å². The first kappa shape index (κ1) is 23.8. The van der Waals surface area contributed by atoms with E-state index >= 15 is 0 Å². The van der Waals surface area contributed by atoms with Gasteiger partial charge in [-0.2, -0.15) is 13.2 Å². The largest absolute Gasteiger partial charge is 0.491 e. The number of aliphatic hydroxyl groups is 1. The molecule has 2 aromatic carbocycles. The molecular weight excluding hydrogens is 477 g/mol. The lowest BCUT2D eigenvalue weighted by Crippen LogP contribution is -2.49. The van der Waals surface area contributed by atoms with Gasteiger partial charge in [0.25, 0.3) is 0 Å². The van der Waals surface area contributed by atoms with Crippen LogP contribution in [0.25, 0.3) is 0 Å². The fourth-order valence-electron chi connectivity index (χ4n) is 3.39. The molecule has 1 N–H and O–H groups in total. The van der Waals surface area contributed by atoms with Gasteiger partial charge in [0.15, 0.2) is 0 Å². The average Bonchev–Trinajstić information content (AvgIpc) is 2.75. The standard InChI is InChI=1S/C22H26BrF3N2O3/c23-18-4-6-21(7-5-18)31-13-12-30-16-20(29)15-27-8-10-28(11-9-27)19-3-1-2-17(14-19)22(24,25)26/h1-7,14,20,29H,8-13,15-16H2/t20-/m1/s1. The summed E-state index contributed by atoms with van der Waals surface area (Å²) in [6.45, 7) is 3.98. The van der Waals surface area contributed by atoms with E-state index in [9.17, 15) is 18.3 Å². The molecule has 0 spiro atoms. The van der Waals surface area contributed by atoms with E-state index in [2.05, 4.69) is 20.8 Å². The topological polar surface area (TPSA) is 45.2 Å². The van der Waals surface area contributed by atoms with Crippen LogP contribution in [0.15, 0.2) is 53.0 Å². The number of alkyl halides is 3. The molecule has 0 saturated carbocycles. The van der Waals surface area contributed by atoms with Crippen LogP contribution in [0.3, 0.4) is 0 Å². The molecule has 0 bridgehead atoms. The van der Waals surface area contributed by atoms with Gasteiger partial charge in [-0.25, -0.2) is 0 Å². The van der Waals surface area contributed by atoms with Crippen molar-refractivity contribution in [2.75, 3.05) is 57.4 Å². The third-order valence-electron chi connectivity index (χ3n) is 5.00. The minimum Gasteiger partial charge on any atom is -0.491 e. The summed E-state index contributed by atoms with van der Waals surface area (Å²) in [6, 6.07) is 12.9. The molecule has 0 aliphatic carbocycles. The Morgan fingerprint density at radius 3 is 2.39 bits per heavy atom. The Hall–Kier alpha value is -1.81. The molecule has 5 nitrogen and oxygen atoms in total. The zero-order valence-electron chi connectivity index (χ0n) is 17.0. The number of β-amino-alcohol motifs (C(OH)–C–C–N with tert-alkyl or cyclic N) is 1. The summed E-state index contributed by atoms with van der Waals surface area (Å²) >= 11 is 3.36. The van der Waals surface area contributed by atoms with Crippen LogP contribution in [0.4, 0.5) is 18.9 Å². The van der Waals surface area contributed by atoms with Gasteiger partial charge in [0, 0.05) is 42.9 Å². The summed E-state index contributed by atoms with van der Waals surface area (Å²) in [6.07, 6.45) is -4.97. The van der Waals surface area contributed by atoms with E-state index in [1.165, 1.54) is 12.1 Å². The van der Waals surface area contributed by atoms with Crippen molar-refractivity contribution in [3.63, 3.8) is 0 Å². The number of hydrogen-bond donors (Lipinski definition) is 1. The smallest absolute Gasteiger partial charge is 0.416 e. The second-order valence-electron chi connectivity index (χ2n) is 7.37. The molecule has 2 aromatic rings. The molecule has 31 heavy (non-hydrogen) atoms. The van der Waals surface area contributed by atoms with Gasteiger partial charge in [-0.1, -0.05) is 22.0 Å². The maximum atomic E-state index is 12.9. The first-order chi connectivity index (χ1) is 14.8. The van der Waals surface area contributed by atoms with Crippen LogP contribution >= 0.6 is 15.9 Å². The van der Waals surface area contributed by atoms with E-state index in [1.807, 2.05) is 29.2 Å². The van der Waals surface area contributed by atoms with Gasteiger partial charge in [-0.15, -0.1) is 0 Å². The van der Waals surface area contributed by atoms with Crippen molar-refractivity contribution in [1.82, 2.24) is 4.90 Å². The van der Waals surface area contributed by atoms with Gasteiger partial charge in [-0.3, -0.25) is 4.90 Å². The molecule has 1 aliphatic heterocycles. The normalized spacial score (nSPS) is 16.4. The lowest BCUT2D eigenvalue weighted by Gasteiger charge is -2.37. The highest BCUT2D eigenvalue weighted by atomic mass is 79.9. The van der Waals surface area contributed by atoms with Crippen LogP contribution in [0.1, 0.15) is 5.56 Å². The number of anilines is 1. The van der Waals surface area contributed by atoms with Gasteiger partial charge in [-0.05, 0) is 42.5 Å². The average molecular weight is 503 g/mol. The Morgan fingerprint density at radius 2 is 1.71 bits per heavy atom. The number of aliphatic hydroxyl groups excluding tert-OH is 1. The summed E-state index contributed by atoms with van der Waals surface area (Å²) < 4.78 is 50.8. The number of piperazine rings is 1. The van der Waals surface area contributed by atoms with Crippen LogP contribution in [-0.2, 0) is 10.9 Å². The monoisotopic (exact) mass is 502 g/mol. The Balaban J connectivity index is 1.32. The molecule has 1 atom stereocenters.